The van der Waals surface area contributed by atoms with Gasteiger partial charge in [-0.1, -0.05) is 6.92 Å². The minimum Gasteiger partial charge on any atom is -0.356 e. The third kappa shape index (κ3) is 2.69. The lowest BCUT2D eigenvalue weighted by Crippen LogP contribution is -2.50. The van der Waals surface area contributed by atoms with Crippen LogP contribution in [0.5, 0.6) is 0 Å². The Morgan fingerprint density at radius 3 is 2.78 bits per heavy atom. The Balaban J connectivity index is 1.37. The average Bonchev–Trinajstić information content (AvgIpc) is 3.04. The highest BCUT2D eigenvalue weighted by molar-refractivity contribution is 5.78. The Morgan fingerprint density at radius 1 is 1.39 bits per heavy atom. The van der Waals surface area contributed by atoms with Gasteiger partial charge in [0, 0.05) is 25.0 Å². The molecule has 102 valence electrons. The predicted octanol–water partition coefficient (Wildman–Crippen LogP) is 0.442. The maximum Gasteiger partial charge on any atom is 0.223 e. The van der Waals surface area contributed by atoms with Gasteiger partial charge in [-0.2, -0.15) is 0 Å². The molecule has 0 aromatic heterocycles. The van der Waals surface area contributed by atoms with Crippen LogP contribution in [0.15, 0.2) is 0 Å². The van der Waals surface area contributed by atoms with Gasteiger partial charge in [-0.3, -0.25) is 4.79 Å². The van der Waals surface area contributed by atoms with Crippen LogP contribution in [0, 0.1) is 17.8 Å². The minimum atomic E-state index is 0.173. The van der Waals surface area contributed by atoms with Gasteiger partial charge >= 0.3 is 0 Å². The van der Waals surface area contributed by atoms with Crippen molar-refractivity contribution in [3.63, 3.8) is 0 Å². The number of rotatable bonds is 5. The van der Waals surface area contributed by atoms with E-state index in [0.717, 1.165) is 25.7 Å². The molecule has 0 radical (unpaired) electrons. The lowest BCUT2D eigenvalue weighted by atomic mass is 9.88. The number of amides is 1. The minimum absolute atomic E-state index is 0.173. The van der Waals surface area contributed by atoms with E-state index in [0.29, 0.717) is 11.8 Å². The SMILES string of the molecule is CC(C(=O)NCC1CCN(C2CC2)C1)C1CNC1. The summed E-state index contributed by atoms with van der Waals surface area (Å²) in [5, 5.41) is 6.39. The zero-order valence-electron chi connectivity index (χ0n) is 11.3. The first-order valence-corrected chi connectivity index (χ1v) is 7.46. The third-order valence-electron chi connectivity index (χ3n) is 4.88. The van der Waals surface area contributed by atoms with Gasteiger partial charge in [0.15, 0.2) is 0 Å². The molecular formula is C14H25N3O. The summed E-state index contributed by atoms with van der Waals surface area (Å²) in [6.07, 6.45) is 4.05. The van der Waals surface area contributed by atoms with Crippen LogP contribution in [0.3, 0.4) is 0 Å². The van der Waals surface area contributed by atoms with Crippen molar-refractivity contribution in [2.75, 3.05) is 32.7 Å². The van der Waals surface area contributed by atoms with Crippen molar-refractivity contribution in [3.8, 4) is 0 Å². The van der Waals surface area contributed by atoms with Crippen molar-refractivity contribution < 1.29 is 4.79 Å². The molecule has 2 N–H and O–H groups in total. The van der Waals surface area contributed by atoms with Crippen LogP contribution in [0.1, 0.15) is 26.2 Å². The van der Waals surface area contributed by atoms with Crippen molar-refractivity contribution in [1.82, 2.24) is 15.5 Å². The number of nitrogens with one attached hydrogen (secondary N) is 2. The Kier molecular flexibility index (Phi) is 3.57. The molecule has 0 aromatic carbocycles. The van der Waals surface area contributed by atoms with Crippen LogP contribution >= 0.6 is 0 Å². The summed E-state index contributed by atoms with van der Waals surface area (Å²) in [4.78, 5) is 14.6. The quantitative estimate of drug-likeness (QED) is 0.745. The molecule has 4 nitrogen and oxygen atoms in total. The van der Waals surface area contributed by atoms with Gasteiger partial charge in [0.1, 0.15) is 0 Å². The lowest BCUT2D eigenvalue weighted by molar-refractivity contribution is -0.126. The predicted molar refractivity (Wildman–Crippen MR) is 71.2 cm³/mol. The van der Waals surface area contributed by atoms with E-state index in [9.17, 15) is 4.79 Å². The summed E-state index contributed by atoms with van der Waals surface area (Å²) < 4.78 is 0. The number of nitrogens with zero attached hydrogens (tertiary/aromatic N) is 1. The van der Waals surface area contributed by atoms with Crippen LogP contribution in [0.4, 0.5) is 0 Å². The van der Waals surface area contributed by atoms with Crippen LogP contribution in [0.2, 0.25) is 0 Å². The molecule has 2 atom stereocenters. The second-order valence-corrected chi connectivity index (χ2v) is 6.33. The van der Waals surface area contributed by atoms with E-state index in [1.54, 1.807) is 0 Å². The summed E-state index contributed by atoms with van der Waals surface area (Å²) in [7, 11) is 0. The molecule has 2 saturated heterocycles. The molecule has 0 bridgehead atoms. The Morgan fingerprint density at radius 2 is 2.17 bits per heavy atom. The summed E-state index contributed by atoms with van der Waals surface area (Å²) in [5.74, 6) is 1.66. The first-order chi connectivity index (χ1) is 8.74. The van der Waals surface area contributed by atoms with E-state index in [4.69, 9.17) is 0 Å². The number of likely N-dealkylation sites (tertiary alicyclic amines) is 1. The standard InChI is InChI=1S/C14H25N3O/c1-10(12-7-15-8-12)14(18)16-6-11-4-5-17(9-11)13-2-3-13/h10-13,15H,2-9H2,1H3,(H,16,18). The number of hydrogen-bond donors (Lipinski definition) is 2. The van der Waals surface area contributed by atoms with E-state index in [1.165, 1.54) is 32.4 Å². The first-order valence-electron chi connectivity index (χ1n) is 7.46. The lowest BCUT2D eigenvalue weighted by Gasteiger charge is -2.32. The van der Waals surface area contributed by atoms with Crippen molar-refractivity contribution in [2.24, 2.45) is 17.8 Å². The fourth-order valence-electron chi connectivity index (χ4n) is 3.09. The largest absolute Gasteiger partial charge is 0.356 e. The molecule has 1 amide bonds. The van der Waals surface area contributed by atoms with Crippen LogP contribution in [0.25, 0.3) is 0 Å². The van der Waals surface area contributed by atoms with Gasteiger partial charge in [-0.15, -0.1) is 0 Å². The molecule has 1 aliphatic carbocycles. The van der Waals surface area contributed by atoms with E-state index < -0.39 is 0 Å². The first kappa shape index (κ1) is 12.4. The Hall–Kier alpha value is -0.610. The van der Waals surface area contributed by atoms with Crippen molar-refractivity contribution >= 4 is 5.91 Å². The van der Waals surface area contributed by atoms with E-state index >= 15 is 0 Å². The molecule has 18 heavy (non-hydrogen) atoms. The van der Waals surface area contributed by atoms with E-state index in [-0.39, 0.29) is 11.8 Å². The molecule has 1 saturated carbocycles. The van der Waals surface area contributed by atoms with Gasteiger partial charge in [-0.25, -0.2) is 0 Å². The van der Waals surface area contributed by atoms with Gasteiger partial charge < -0.3 is 15.5 Å². The molecule has 3 rings (SSSR count). The second-order valence-electron chi connectivity index (χ2n) is 6.33. The molecule has 2 heterocycles. The van der Waals surface area contributed by atoms with E-state index in [1.807, 2.05) is 0 Å². The van der Waals surface area contributed by atoms with Gasteiger partial charge in [0.2, 0.25) is 5.91 Å². The van der Waals surface area contributed by atoms with E-state index in [2.05, 4.69) is 22.5 Å². The molecular weight excluding hydrogens is 226 g/mol. The highest BCUT2D eigenvalue weighted by Crippen LogP contribution is 2.31. The van der Waals surface area contributed by atoms with Crippen LogP contribution in [-0.4, -0.2) is 49.6 Å². The highest BCUT2D eigenvalue weighted by Gasteiger charge is 2.35. The van der Waals surface area contributed by atoms with Crippen molar-refractivity contribution in [1.29, 1.82) is 0 Å². The monoisotopic (exact) mass is 251 g/mol. The number of carbonyl (C=O) groups is 1. The number of carbonyl (C=O) groups excluding carboxylic acids is 1. The highest BCUT2D eigenvalue weighted by atomic mass is 16.1. The normalized spacial score (nSPS) is 31.1. The average molecular weight is 251 g/mol. The Labute approximate surface area is 109 Å². The van der Waals surface area contributed by atoms with Crippen LogP contribution in [-0.2, 0) is 4.79 Å². The Bertz CT molecular complexity index is 312. The summed E-state index contributed by atoms with van der Waals surface area (Å²) in [5.41, 5.74) is 0. The van der Waals surface area contributed by atoms with Gasteiger partial charge in [0.25, 0.3) is 0 Å². The molecule has 3 fully saturated rings. The molecule has 3 aliphatic rings. The van der Waals surface area contributed by atoms with Gasteiger partial charge in [0.05, 0.1) is 0 Å². The molecule has 2 unspecified atom stereocenters. The zero-order valence-corrected chi connectivity index (χ0v) is 11.3. The van der Waals surface area contributed by atoms with Gasteiger partial charge in [-0.05, 0) is 50.7 Å². The topological polar surface area (TPSA) is 44.4 Å². The maximum atomic E-state index is 12.0. The van der Waals surface area contributed by atoms with Crippen molar-refractivity contribution in [3.05, 3.63) is 0 Å². The number of hydrogen-bond acceptors (Lipinski definition) is 3. The van der Waals surface area contributed by atoms with Crippen LogP contribution < -0.4 is 10.6 Å². The third-order valence-corrected chi connectivity index (χ3v) is 4.88. The fourth-order valence-corrected chi connectivity index (χ4v) is 3.09. The maximum absolute atomic E-state index is 12.0. The summed E-state index contributed by atoms with van der Waals surface area (Å²) in [6.45, 7) is 7.40. The zero-order chi connectivity index (χ0) is 12.5. The molecule has 0 aromatic rings. The fraction of sp³-hybridized carbons (Fsp3) is 0.929. The molecule has 0 spiro atoms. The summed E-state index contributed by atoms with van der Waals surface area (Å²) in [6, 6.07) is 0.880. The smallest absolute Gasteiger partial charge is 0.223 e. The molecule has 4 heteroatoms. The molecule has 2 aliphatic heterocycles. The van der Waals surface area contributed by atoms with Crippen molar-refractivity contribution in [2.45, 2.75) is 32.2 Å². The summed E-state index contributed by atoms with van der Waals surface area (Å²) >= 11 is 0. The second kappa shape index (κ2) is 5.17.